The van der Waals surface area contributed by atoms with Gasteiger partial charge in [0, 0.05) is 18.3 Å². The highest BCUT2D eigenvalue weighted by molar-refractivity contribution is 5.39. The Hall–Kier alpha value is -1.09. The van der Waals surface area contributed by atoms with Crippen LogP contribution in [0.1, 0.15) is 43.9 Å². The lowest BCUT2D eigenvalue weighted by Crippen LogP contribution is -2.09. The Labute approximate surface area is 90.7 Å². The van der Waals surface area contributed by atoms with Crippen LogP contribution in [0.4, 0.5) is 0 Å². The second-order valence-electron chi connectivity index (χ2n) is 4.35. The van der Waals surface area contributed by atoms with Crippen molar-refractivity contribution in [1.29, 1.82) is 0 Å². The minimum atomic E-state index is 0.400. The molecule has 3 nitrogen and oxygen atoms in total. The minimum Gasteiger partial charge on any atom is -0.488 e. The summed E-state index contributed by atoms with van der Waals surface area (Å²) < 4.78 is 5.90. The van der Waals surface area contributed by atoms with E-state index in [1.54, 1.807) is 0 Å². The highest BCUT2D eigenvalue weighted by atomic mass is 16.5. The summed E-state index contributed by atoms with van der Waals surface area (Å²) in [7, 11) is 0. The van der Waals surface area contributed by atoms with Crippen molar-refractivity contribution in [3.8, 4) is 5.75 Å². The molecule has 1 fully saturated rings. The SMILES string of the molecule is CC(C)c1ccnc(CN)c1OC1CC1. The van der Waals surface area contributed by atoms with Crippen molar-refractivity contribution < 1.29 is 4.74 Å². The molecule has 0 amide bonds. The Morgan fingerprint density at radius 1 is 1.53 bits per heavy atom. The smallest absolute Gasteiger partial charge is 0.145 e. The van der Waals surface area contributed by atoms with Gasteiger partial charge in [-0.1, -0.05) is 13.8 Å². The summed E-state index contributed by atoms with van der Waals surface area (Å²) in [6, 6.07) is 2.03. The van der Waals surface area contributed by atoms with Crippen LogP contribution in [-0.4, -0.2) is 11.1 Å². The first-order valence-corrected chi connectivity index (χ1v) is 5.57. The molecule has 0 aliphatic heterocycles. The molecule has 2 N–H and O–H groups in total. The molecule has 0 unspecified atom stereocenters. The molecule has 3 heteroatoms. The number of aromatic nitrogens is 1. The molecule has 2 rings (SSSR count). The number of ether oxygens (including phenoxy) is 1. The molecule has 0 atom stereocenters. The molecule has 0 saturated heterocycles. The molecule has 1 aliphatic carbocycles. The summed E-state index contributed by atoms with van der Waals surface area (Å²) in [6.07, 6.45) is 4.54. The van der Waals surface area contributed by atoms with Crippen LogP contribution >= 0.6 is 0 Å². The van der Waals surface area contributed by atoms with Gasteiger partial charge in [0.1, 0.15) is 5.75 Å². The van der Waals surface area contributed by atoms with Crippen LogP contribution in [0.5, 0.6) is 5.75 Å². The number of hydrogen-bond acceptors (Lipinski definition) is 3. The van der Waals surface area contributed by atoms with Gasteiger partial charge in [-0.05, 0) is 24.8 Å². The fraction of sp³-hybridized carbons (Fsp3) is 0.583. The average molecular weight is 206 g/mol. The van der Waals surface area contributed by atoms with E-state index < -0.39 is 0 Å². The van der Waals surface area contributed by atoms with Crippen LogP contribution in [0.2, 0.25) is 0 Å². The maximum absolute atomic E-state index is 5.90. The summed E-state index contributed by atoms with van der Waals surface area (Å²) in [6.45, 7) is 4.77. The van der Waals surface area contributed by atoms with Crippen molar-refractivity contribution in [2.75, 3.05) is 0 Å². The van der Waals surface area contributed by atoms with Crippen molar-refractivity contribution in [1.82, 2.24) is 4.98 Å². The first kappa shape index (κ1) is 10.4. The summed E-state index contributed by atoms with van der Waals surface area (Å²) in [5, 5.41) is 0. The standard InChI is InChI=1S/C12H18N2O/c1-8(2)10-5-6-14-11(7-13)12(10)15-9-3-4-9/h5-6,8-9H,3-4,7,13H2,1-2H3. The van der Waals surface area contributed by atoms with Gasteiger partial charge in [0.2, 0.25) is 0 Å². The molecule has 1 saturated carbocycles. The van der Waals surface area contributed by atoms with E-state index in [0.29, 0.717) is 18.6 Å². The van der Waals surface area contributed by atoms with Gasteiger partial charge in [-0.25, -0.2) is 0 Å². The van der Waals surface area contributed by atoms with Crippen molar-refractivity contribution in [3.63, 3.8) is 0 Å². The van der Waals surface area contributed by atoms with E-state index in [1.807, 2.05) is 12.3 Å². The highest BCUT2D eigenvalue weighted by Crippen LogP contribution is 2.34. The third kappa shape index (κ3) is 2.29. The summed E-state index contributed by atoms with van der Waals surface area (Å²) in [5.41, 5.74) is 7.78. The molecule has 82 valence electrons. The largest absolute Gasteiger partial charge is 0.488 e. The Bertz CT molecular complexity index is 345. The first-order chi connectivity index (χ1) is 7.22. The number of nitrogens with zero attached hydrogens (tertiary/aromatic N) is 1. The number of rotatable bonds is 4. The molecule has 0 bridgehead atoms. The molecule has 1 heterocycles. The Kier molecular flexibility index (Phi) is 2.91. The van der Waals surface area contributed by atoms with Gasteiger partial charge in [-0.3, -0.25) is 4.98 Å². The van der Waals surface area contributed by atoms with Crippen molar-refractivity contribution in [2.24, 2.45) is 5.73 Å². The molecular weight excluding hydrogens is 188 g/mol. The van der Waals surface area contributed by atoms with Crippen molar-refractivity contribution in [2.45, 2.75) is 45.3 Å². The molecule has 0 spiro atoms. The fourth-order valence-corrected chi connectivity index (χ4v) is 1.60. The van der Waals surface area contributed by atoms with Crippen LogP contribution < -0.4 is 10.5 Å². The molecule has 0 radical (unpaired) electrons. The first-order valence-electron chi connectivity index (χ1n) is 5.57. The summed E-state index contributed by atoms with van der Waals surface area (Å²) in [4.78, 5) is 4.27. The number of nitrogens with two attached hydrogens (primary N) is 1. The molecule has 15 heavy (non-hydrogen) atoms. The normalized spacial score (nSPS) is 15.7. The summed E-state index contributed by atoms with van der Waals surface area (Å²) in [5.74, 6) is 1.38. The Morgan fingerprint density at radius 2 is 2.27 bits per heavy atom. The monoisotopic (exact) mass is 206 g/mol. The molecule has 1 aromatic heterocycles. The van der Waals surface area contributed by atoms with Gasteiger partial charge in [0.05, 0.1) is 11.8 Å². The van der Waals surface area contributed by atoms with Gasteiger partial charge >= 0.3 is 0 Å². The predicted octanol–water partition coefficient (Wildman–Crippen LogP) is 2.20. The molecular formula is C12H18N2O. The topological polar surface area (TPSA) is 48.1 Å². The maximum Gasteiger partial charge on any atom is 0.145 e. The second-order valence-corrected chi connectivity index (χ2v) is 4.35. The molecule has 0 aromatic carbocycles. The van der Waals surface area contributed by atoms with Gasteiger partial charge in [0.15, 0.2) is 0 Å². The minimum absolute atomic E-state index is 0.400. The van der Waals surface area contributed by atoms with Crippen LogP contribution in [0.25, 0.3) is 0 Å². The van der Waals surface area contributed by atoms with E-state index in [9.17, 15) is 0 Å². The van der Waals surface area contributed by atoms with Crippen LogP contribution in [0.15, 0.2) is 12.3 Å². The van der Waals surface area contributed by atoms with Gasteiger partial charge < -0.3 is 10.5 Å². The zero-order chi connectivity index (χ0) is 10.8. The second kappa shape index (κ2) is 4.19. The Morgan fingerprint density at radius 3 is 2.80 bits per heavy atom. The lowest BCUT2D eigenvalue weighted by atomic mass is 10.0. The quantitative estimate of drug-likeness (QED) is 0.821. The molecule has 1 aromatic rings. The fourth-order valence-electron chi connectivity index (χ4n) is 1.60. The average Bonchev–Trinajstić information content (AvgIpc) is 3.01. The zero-order valence-corrected chi connectivity index (χ0v) is 9.36. The van der Waals surface area contributed by atoms with Crippen LogP contribution in [0.3, 0.4) is 0 Å². The third-order valence-electron chi connectivity index (χ3n) is 2.63. The highest BCUT2D eigenvalue weighted by Gasteiger charge is 2.26. The number of pyridine rings is 1. The van der Waals surface area contributed by atoms with Crippen LogP contribution in [0, 0.1) is 0 Å². The maximum atomic E-state index is 5.90. The van der Waals surface area contributed by atoms with Crippen LogP contribution in [-0.2, 0) is 6.54 Å². The van der Waals surface area contributed by atoms with E-state index >= 15 is 0 Å². The van der Waals surface area contributed by atoms with E-state index in [0.717, 1.165) is 24.3 Å². The van der Waals surface area contributed by atoms with Gasteiger partial charge in [0.25, 0.3) is 0 Å². The molecule has 1 aliphatic rings. The van der Waals surface area contributed by atoms with Gasteiger partial charge in [-0.2, -0.15) is 0 Å². The van der Waals surface area contributed by atoms with E-state index in [-0.39, 0.29) is 0 Å². The van der Waals surface area contributed by atoms with Crippen molar-refractivity contribution in [3.05, 3.63) is 23.5 Å². The third-order valence-corrected chi connectivity index (χ3v) is 2.63. The summed E-state index contributed by atoms with van der Waals surface area (Å²) >= 11 is 0. The lowest BCUT2D eigenvalue weighted by molar-refractivity contribution is 0.294. The lowest BCUT2D eigenvalue weighted by Gasteiger charge is -2.16. The van der Waals surface area contributed by atoms with E-state index in [4.69, 9.17) is 10.5 Å². The van der Waals surface area contributed by atoms with Gasteiger partial charge in [-0.15, -0.1) is 0 Å². The van der Waals surface area contributed by atoms with E-state index in [2.05, 4.69) is 18.8 Å². The van der Waals surface area contributed by atoms with Crippen molar-refractivity contribution >= 4 is 0 Å². The Balaban J connectivity index is 2.34. The zero-order valence-electron chi connectivity index (χ0n) is 9.36. The van der Waals surface area contributed by atoms with E-state index in [1.165, 1.54) is 5.56 Å². The number of hydrogen-bond donors (Lipinski definition) is 1. The predicted molar refractivity (Wildman–Crippen MR) is 59.9 cm³/mol.